The average molecular weight is 459 g/mol. The summed E-state index contributed by atoms with van der Waals surface area (Å²) in [7, 11) is 0. The predicted molar refractivity (Wildman–Crippen MR) is 115 cm³/mol. The number of halogens is 3. The van der Waals surface area contributed by atoms with Gasteiger partial charge in [0, 0.05) is 23.6 Å². The lowest BCUT2D eigenvalue weighted by Crippen LogP contribution is -2.44. The minimum atomic E-state index is -0.749. The second-order valence-corrected chi connectivity index (χ2v) is 8.18. The Morgan fingerprint density at radius 3 is 2.52 bits per heavy atom. The number of ether oxygens (including phenoxy) is 2. The number of hydrogen-bond donors (Lipinski definition) is 1. The third-order valence-electron chi connectivity index (χ3n) is 5.62. The van der Waals surface area contributed by atoms with Gasteiger partial charge in [-0.3, -0.25) is 4.79 Å². The van der Waals surface area contributed by atoms with Gasteiger partial charge in [0.05, 0.1) is 23.1 Å². The highest BCUT2D eigenvalue weighted by Gasteiger charge is 2.43. The zero-order valence-electron chi connectivity index (χ0n) is 15.7. The van der Waals surface area contributed by atoms with Gasteiger partial charge in [-0.1, -0.05) is 35.3 Å². The van der Waals surface area contributed by atoms with E-state index in [-0.39, 0.29) is 24.2 Å². The van der Waals surface area contributed by atoms with Crippen LogP contribution in [0.5, 0.6) is 17.2 Å². The maximum atomic E-state index is 10.8. The lowest BCUT2D eigenvalue weighted by atomic mass is 9.74. The second-order valence-electron chi connectivity index (χ2n) is 7.37. The molecule has 1 fully saturated rings. The zero-order chi connectivity index (χ0) is 19.7. The fourth-order valence-corrected chi connectivity index (χ4v) is 4.46. The maximum Gasteiger partial charge on any atom is 0.304 e. The first-order chi connectivity index (χ1) is 13.5. The molecule has 8 heteroatoms. The first-order valence-corrected chi connectivity index (χ1v) is 10.1. The molecule has 1 saturated heterocycles. The van der Waals surface area contributed by atoms with Crippen molar-refractivity contribution >= 4 is 41.6 Å². The summed E-state index contributed by atoms with van der Waals surface area (Å²) >= 11 is 12.4. The molecule has 2 aromatic carbocycles. The van der Waals surface area contributed by atoms with E-state index in [1.165, 1.54) is 5.56 Å². The molecule has 5 nitrogen and oxygen atoms in total. The lowest BCUT2D eigenvalue weighted by Gasteiger charge is -2.38. The molecule has 2 aliphatic rings. The molecule has 0 bridgehead atoms. The van der Waals surface area contributed by atoms with Gasteiger partial charge in [-0.25, -0.2) is 0 Å². The standard InChI is InChI=1S/C21H21Cl2NO4.ClH/c22-16-2-1-3-17(23)20(16)28-14-4-5-15-18(12-14)27-13-21(15)7-10-24(11-8-21)9-6-19(25)26;/h1-5,12H,6-11,13H2,(H,25,26);1H. The number of carboxylic acid groups (broad SMARTS) is 1. The van der Waals surface area contributed by atoms with Crippen LogP contribution in [0.2, 0.25) is 10.0 Å². The van der Waals surface area contributed by atoms with Crippen molar-refractivity contribution in [2.75, 3.05) is 26.2 Å². The third-order valence-corrected chi connectivity index (χ3v) is 6.22. The molecular weight excluding hydrogens is 437 g/mol. The molecule has 156 valence electrons. The number of carboxylic acids is 1. The van der Waals surface area contributed by atoms with Gasteiger partial charge in [-0.15, -0.1) is 12.4 Å². The van der Waals surface area contributed by atoms with Gasteiger partial charge in [0.25, 0.3) is 0 Å². The van der Waals surface area contributed by atoms with Crippen LogP contribution in [0.3, 0.4) is 0 Å². The summed E-state index contributed by atoms with van der Waals surface area (Å²) in [6.07, 6.45) is 2.09. The molecule has 29 heavy (non-hydrogen) atoms. The van der Waals surface area contributed by atoms with Crippen LogP contribution in [0.25, 0.3) is 0 Å². The Bertz CT molecular complexity index is 877. The van der Waals surface area contributed by atoms with Crippen molar-refractivity contribution in [3.05, 3.63) is 52.0 Å². The monoisotopic (exact) mass is 457 g/mol. The van der Waals surface area contributed by atoms with Gasteiger partial charge in [0.2, 0.25) is 0 Å². The fourth-order valence-electron chi connectivity index (χ4n) is 3.99. The fraction of sp³-hybridized carbons (Fsp3) is 0.381. The van der Waals surface area contributed by atoms with Crippen molar-refractivity contribution in [2.45, 2.75) is 24.7 Å². The van der Waals surface area contributed by atoms with Crippen LogP contribution < -0.4 is 9.47 Å². The SMILES string of the molecule is Cl.O=C(O)CCN1CCC2(CC1)COc1cc(Oc3c(Cl)cccc3Cl)ccc12. The van der Waals surface area contributed by atoms with Crippen LogP contribution >= 0.6 is 35.6 Å². The highest BCUT2D eigenvalue weighted by molar-refractivity contribution is 6.37. The number of aliphatic carboxylic acids is 1. The molecular formula is C21H22Cl3NO4. The van der Waals surface area contributed by atoms with E-state index in [1.54, 1.807) is 18.2 Å². The van der Waals surface area contributed by atoms with E-state index in [4.69, 9.17) is 37.8 Å². The Hall–Kier alpha value is -1.66. The highest BCUT2D eigenvalue weighted by atomic mass is 35.5. The smallest absolute Gasteiger partial charge is 0.304 e. The molecule has 1 N–H and O–H groups in total. The van der Waals surface area contributed by atoms with Gasteiger partial charge in [-0.05, 0) is 44.1 Å². The Balaban J connectivity index is 0.00000240. The summed E-state index contributed by atoms with van der Waals surface area (Å²) in [5.41, 5.74) is 1.19. The molecule has 0 saturated carbocycles. The van der Waals surface area contributed by atoms with E-state index in [2.05, 4.69) is 11.0 Å². The molecule has 1 spiro atoms. The quantitative estimate of drug-likeness (QED) is 0.649. The molecule has 2 aromatic rings. The lowest BCUT2D eigenvalue weighted by molar-refractivity contribution is -0.137. The van der Waals surface area contributed by atoms with Crippen molar-refractivity contribution < 1.29 is 19.4 Å². The largest absolute Gasteiger partial charge is 0.492 e. The minimum Gasteiger partial charge on any atom is -0.492 e. The summed E-state index contributed by atoms with van der Waals surface area (Å²) in [6, 6.07) is 11.1. The van der Waals surface area contributed by atoms with Crippen molar-refractivity contribution in [3.8, 4) is 17.2 Å². The molecule has 0 aliphatic carbocycles. The van der Waals surface area contributed by atoms with Crippen molar-refractivity contribution in [2.24, 2.45) is 0 Å². The number of nitrogens with zero attached hydrogens (tertiary/aromatic N) is 1. The van der Waals surface area contributed by atoms with Gasteiger partial charge < -0.3 is 19.5 Å². The van der Waals surface area contributed by atoms with Crippen molar-refractivity contribution in [3.63, 3.8) is 0 Å². The van der Waals surface area contributed by atoms with E-state index < -0.39 is 5.97 Å². The molecule has 2 aliphatic heterocycles. The normalized spacial score (nSPS) is 17.3. The Kier molecular flexibility index (Phi) is 6.84. The number of hydrogen-bond acceptors (Lipinski definition) is 4. The maximum absolute atomic E-state index is 10.8. The van der Waals surface area contributed by atoms with Crippen molar-refractivity contribution in [1.29, 1.82) is 0 Å². The molecule has 0 atom stereocenters. The Labute approximate surface area is 185 Å². The van der Waals surface area contributed by atoms with E-state index in [9.17, 15) is 4.79 Å². The zero-order valence-corrected chi connectivity index (χ0v) is 18.0. The molecule has 0 aromatic heterocycles. The summed E-state index contributed by atoms with van der Waals surface area (Å²) in [5.74, 6) is 1.15. The number of likely N-dealkylation sites (tertiary alicyclic amines) is 1. The summed E-state index contributed by atoms with van der Waals surface area (Å²) in [6.45, 7) is 3.00. The van der Waals surface area contributed by atoms with Gasteiger partial charge in [-0.2, -0.15) is 0 Å². The first-order valence-electron chi connectivity index (χ1n) is 9.30. The predicted octanol–water partition coefficient (Wildman–Crippen LogP) is 5.41. The van der Waals surface area contributed by atoms with E-state index in [0.29, 0.717) is 34.7 Å². The van der Waals surface area contributed by atoms with Crippen LogP contribution in [0.1, 0.15) is 24.8 Å². The molecule has 2 heterocycles. The summed E-state index contributed by atoms with van der Waals surface area (Å²) in [5, 5.41) is 9.79. The topological polar surface area (TPSA) is 59.0 Å². The molecule has 0 radical (unpaired) electrons. The van der Waals surface area contributed by atoms with E-state index in [1.807, 2.05) is 12.1 Å². The van der Waals surface area contributed by atoms with Crippen molar-refractivity contribution in [1.82, 2.24) is 4.90 Å². The number of rotatable bonds is 5. The number of para-hydroxylation sites is 1. The van der Waals surface area contributed by atoms with Crippen LogP contribution in [0.15, 0.2) is 36.4 Å². The van der Waals surface area contributed by atoms with E-state index >= 15 is 0 Å². The number of benzene rings is 2. The van der Waals surface area contributed by atoms with Crippen LogP contribution in [-0.4, -0.2) is 42.2 Å². The minimum absolute atomic E-state index is 0. The third kappa shape index (κ3) is 4.58. The van der Waals surface area contributed by atoms with Crippen LogP contribution in [0, 0.1) is 0 Å². The highest BCUT2D eigenvalue weighted by Crippen LogP contribution is 2.47. The number of piperidine rings is 1. The van der Waals surface area contributed by atoms with Gasteiger partial charge >= 0.3 is 5.97 Å². The van der Waals surface area contributed by atoms with E-state index in [0.717, 1.165) is 31.7 Å². The molecule has 4 rings (SSSR count). The van der Waals surface area contributed by atoms with Crippen LogP contribution in [0.4, 0.5) is 0 Å². The summed E-state index contributed by atoms with van der Waals surface area (Å²) < 4.78 is 11.9. The second kappa shape index (κ2) is 9.00. The molecule has 0 unspecified atom stereocenters. The molecule has 0 amide bonds. The average Bonchev–Trinajstić information content (AvgIpc) is 3.02. The number of carbonyl (C=O) groups is 1. The Morgan fingerprint density at radius 2 is 1.86 bits per heavy atom. The Morgan fingerprint density at radius 1 is 1.17 bits per heavy atom. The van der Waals surface area contributed by atoms with Crippen LogP contribution in [-0.2, 0) is 10.2 Å². The van der Waals surface area contributed by atoms with Gasteiger partial charge in [0.1, 0.15) is 11.5 Å². The number of fused-ring (bicyclic) bond motifs is 2. The summed E-state index contributed by atoms with van der Waals surface area (Å²) in [4.78, 5) is 13.0. The first kappa shape index (κ1) is 22.0. The van der Waals surface area contributed by atoms with Gasteiger partial charge in [0.15, 0.2) is 5.75 Å².